The number of nitro groups is 1. The number of benzene rings is 1. The van der Waals surface area contributed by atoms with Gasteiger partial charge in [0.25, 0.3) is 5.69 Å². The third-order valence-corrected chi connectivity index (χ3v) is 3.02. The molecular weight excluding hydrogens is 275 g/mol. The monoisotopic (exact) mass is 290 g/mol. The van der Waals surface area contributed by atoms with Gasteiger partial charge in [-0.1, -0.05) is 25.4 Å². The lowest BCUT2D eigenvalue weighted by Gasteiger charge is -2.22. The fraction of sp³-hybridized carbons (Fsp3) is 0.500. The van der Waals surface area contributed by atoms with Gasteiger partial charge in [-0.05, 0) is 5.92 Å². The molecule has 1 aromatic rings. The maximum Gasteiger partial charge on any atom is 0.294 e. The molecule has 0 aliphatic carbocycles. The number of rotatable bonds is 6. The zero-order chi connectivity index (χ0) is 14.6. The Hall–Kier alpha value is -1.40. The molecule has 0 fully saturated rings. The highest BCUT2D eigenvalue weighted by Gasteiger charge is 2.21. The minimum Gasteiger partial charge on any atom is -0.383 e. The van der Waals surface area contributed by atoms with Crippen molar-refractivity contribution in [2.75, 3.05) is 19.0 Å². The molecule has 5 nitrogen and oxygen atoms in total. The van der Waals surface area contributed by atoms with Gasteiger partial charge in [-0.2, -0.15) is 0 Å². The fourth-order valence-corrected chi connectivity index (χ4v) is 1.74. The van der Waals surface area contributed by atoms with E-state index in [1.807, 2.05) is 13.8 Å². The molecule has 0 saturated heterocycles. The molecule has 7 heteroatoms. The average Bonchev–Trinajstić information content (AvgIpc) is 2.32. The van der Waals surface area contributed by atoms with Gasteiger partial charge in [0.05, 0.1) is 22.6 Å². The van der Waals surface area contributed by atoms with Crippen molar-refractivity contribution in [2.24, 2.45) is 5.92 Å². The van der Waals surface area contributed by atoms with E-state index in [-0.39, 0.29) is 28.4 Å². The molecular formula is C12H16ClFN2O3. The number of hydrogen-bond donors (Lipinski definition) is 1. The molecule has 1 N–H and O–H groups in total. The Morgan fingerprint density at radius 2 is 2.16 bits per heavy atom. The van der Waals surface area contributed by atoms with Gasteiger partial charge in [-0.3, -0.25) is 10.1 Å². The van der Waals surface area contributed by atoms with Crippen LogP contribution < -0.4 is 5.32 Å². The van der Waals surface area contributed by atoms with E-state index in [1.165, 1.54) is 7.11 Å². The maximum atomic E-state index is 13.4. The summed E-state index contributed by atoms with van der Waals surface area (Å²) in [5.41, 5.74) is -0.157. The lowest BCUT2D eigenvalue weighted by atomic mass is 10.0. The average molecular weight is 291 g/mol. The highest BCUT2D eigenvalue weighted by atomic mass is 35.5. The van der Waals surface area contributed by atoms with Gasteiger partial charge in [0.15, 0.2) is 0 Å². The number of hydrogen-bond acceptors (Lipinski definition) is 4. The molecule has 19 heavy (non-hydrogen) atoms. The van der Waals surface area contributed by atoms with E-state index in [0.29, 0.717) is 6.61 Å². The van der Waals surface area contributed by atoms with Crippen LogP contribution in [0.5, 0.6) is 0 Å². The Bertz CT molecular complexity index is 469. The molecule has 0 aliphatic rings. The minimum atomic E-state index is -0.699. The first-order valence-electron chi connectivity index (χ1n) is 5.75. The molecule has 0 bridgehead atoms. The van der Waals surface area contributed by atoms with Crippen molar-refractivity contribution >= 4 is 23.0 Å². The Kier molecular flexibility index (Phi) is 5.50. The normalized spacial score (nSPS) is 12.5. The van der Waals surface area contributed by atoms with Crippen molar-refractivity contribution in [1.29, 1.82) is 0 Å². The summed E-state index contributed by atoms with van der Waals surface area (Å²) in [5.74, 6) is -0.534. The van der Waals surface area contributed by atoms with Crippen LogP contribution in [0.15, 0.2) is 12.1 Å². The first-order valence-corrected chi connectivity index (χ1v) is 6.13. The standard InChI is InChI=1S/C12H16ClFN2O3/c1-7(2)11(6-19-3)15-10-5-9(14)8(13)4-12(10)16(17)18/h4-5,7,11,15H,6H2,1-3H3. The summed E-state index contributed by atoms with van der Waals surface area (Å²) in [6.07, 6.45) is 0. The minimum absolute atomic E-state index is 0.0997. The van der Waals surface area contributed by atoms with Gasteiger partial charge in [0.1, 0.15) is 11.5 Å². The smallest absolute Gasteiger partial charge is 0.294 e. The van der Waals surface area contributed by atoms with E-state index in [2.05, 4.69) is 5.32 Å². The van der Waals surface area contributed by atoms with Gasteiger partial charge >= 0.3 is 0 Å². The van der Waals surface area contributed by atoms with Gasteiger partial charge in [0, 0.05) is 19.2 Å². The molecule has 0 aliphatic heterocycles. The molecule has 1 atom stereocenters. The van der Waals surface area contributed by atoms with E-state index in [1.54, 1.807) is 0 Å². The van der Waals surface area contributed by atoms with E-state index in [4.69, 9.17) is 16.3 Å². The molecule has 0 aromatic heterocycles. The van der Waals surface area contributed by atoms with E-state index < -0.39 is 10.7 Å². The van der Waals surface area contributed by atoms with Crippen molar-refractivity contribution in [3.63, 3.8) is 0 Å². The summed E-state index contributed by atoms with van der Waals surface area (Å²) in [6.45, 7) is 4.24. The van der Waals surface area contributed by atoms with Crippen LogP contribution in [0.3, 0.4) is 0 Å². The Labute approximate surface area is 115 Å². The number of nitrogens with zero attached hydrogens (tertiary/aromatic N) is 1. The predicted molar refractivity (Wildman–Crippen MR) is 72.2 cm³/mol. The first kappa shape index (κ1) is 15.7. The Morgan fingerprint density at radius 1 is 1.53 bits per heavy atom. The van der Waals surface area contributed by atoms with Crippen molar-refractivity contribution in [3.05, 3.63) is 33.1 Å². The van der Waals surface area contributed by atoms with Gasteiger partial charge in [-0.15, -0.1) is 0 Å². The van der Waals surface area contributed by atoms with Crippen molar-refractivity contribution in [1.82, 2.24) is 0 Å². The highest BCUT2D eigenvalue weighted by molar-refractivity contribution is 6.31. The van der Waals surface area contributed by atoms with Crippen molar-refractivity contribution in [3.8, 4) is 0 Å². The quantitative estimate of drug-likeness (QED) is 0.643. The maximum absolute atomic E-state index is 13.4. The Morgan fingerprint density at radius 3 is 2.63 bits per heavy atom. The molecule has 0 radical (unpaired) electrons. The summed E-state index contributed by atoms with van der Waals surface area (Å²) in [6, 6.07) is 1.87. The summed E-state index contributed by atoms with van der Waals surface area (Å²) in [5, 5.41) is 13.6. The second-order valence-corrected chi connectivity index (χ2v) is 4.90. The zero-order valence-corrected chi connectivity index (χ0v) is 11.7. The second-order valence-electron chi connectivity index (χ2n) is 4.49. The van der Waals surface area contributed by atoms with Crippen molar-refractivity contribution < 1.29 is 14.1 Å². The summed E-state index contributed by atoms with van der Waals surface area (Å²) >= 11 is 5.56. The number of nitro benzene ring substituents is 1. The number of methoxy groups -OCH3 is 1. The number of anilines is 1. The van der Waals surface area contributed by atoms with Crippen LogP contribution in [0.25, 0.3) is 0 Å². The molecule has 0 spiro atoms. The van der Waals surface area contributed by atoms with Gasteiger partial charge < -0.3 is 10.1 Å². The first-order chi connectivity index (χ1) is 8.86. The zero-order valence-electron chi connectivity index (χ0n) is 10.9. The number of ether oxygens (including phenoxy) is 1. The lowest BCUT2D eigenvalue weighted by Crippen LogP contribution is -2.30. The van der Waals surface area contributed by atoms with E-state index >= 15 is 0 Å². The van der Waals surface area contributed by atoms with Crippen LogP contribution in [-0.4, -0.2) is 24.7 Å². The van der Waals surface area contributed by atoms with Crippen LogP contribution in [0.2, 0.25) is 5.02 Å². The summed E-state index contributed by atoms with van der Waals surface area (Å²) < 4.78 is 18.5. The molecule has 0 heterocycles. The van der Waals surface area contributed by atoms with Crippen molar-refractivity contribution in [2.45, 2.75) is 19.9 Å². The molecule has 106 valence electrons. The molecule has 1 unspecified atom stereocenters. The lowest BCUT2D eigenvalue weighted by molar-refractivity contribution is -0.384. The van der Waals surface area contributed by atoms with E-state index in [9.17, 15) is 14.5 Å². The Balaban J connectivity index is 3.10. The molecule has 0 saturated carbocycles. The third kappa shape index (κ3) is 4.04. The number of halogens is 2. The van der Waals surface area contributed by atoms with Crippen LogP contribution in [-0.2, 0) is 4.74 Å². The topological polar surface area (TPSA) is 64.4 Å². The molecule has 1 rings (SSSR count). The third-order valence-electron chi connectivity index (χ3n) is 2.73. The second kappa shape index (κ2) is 6.68. The predicted octanol–water partition coefficient (Wildman–Crippen LogP) is 3.47. The fourth-order valence-electron chi connectivity index (χ4n) is 1.58. The van der Waals surface area contributed by atoms with Crippen LogP contribution in [0.4, 0.5) is 15.8 Å². The van der Waals surface area contributed by atoms with E-state index in [0.717, 1.165) is 12.1 Å². The highest BCUT2D eigenvalue weighted by Crippen LogP contribution is 2.31. The summed E-state index contributed by atoms with van der Waals surface area (Å²) in [4.78, 5) is 10.3. The van der Waals surface area contributed by atoms with Gasteiger partial charge in [-0.25, -0.2) is 4.39 Å². The molecule has 1 aromatic carbocycles. The SMILES string of the molecule is COCC(Nc1cc(F)c(Cl)cc1[N+](=O)[O-])C(C)C. The van der Waals surface area contributed by atoms with Crippen LogP contribution in [0, 0.1) is 21.8 Å². The number of nitrogens with one attached hydrogen (secondary N) is 1. The molecule has 0 amide bonds. The van der Waals surface area contributed by atoms with Crippen LogP contribution in [0.1, 0.15) is 13.8 Å². The largest absolute Gasteiger partial charge is 0.383 e. The van der Waals surface area contributed by atoms with Gasteiger partial charge in [0.2, 0.25) is 0 Å². The van der Waals surface area contributed by atoms with Crippen LogP contribution >= 0.6 is 11.6 Å². The summed E-state index contributed by atoms with van der Waals surface area (Å²) in [7, 11) is 1.54.